The molecule has 1 rings (SSSR count). The Bertz CT molecular complexity index is 792. The molecule has 2 N–H and O–H groups in total. The molecule has 0 aliphatic rings. The maximum atomic E-state index is 11.7. The topological polar surface area (TPSA) is 118 Å². The number of aryl methyl sites for hydroxylation is 1. The summed E-state index contributed by atoms with van der Waals surface area (Å²) in [5, 5.41) is -2.41. The quantitative estimate of drug-likeness (QED) is 0.232. The Balaban J connectivity index is 2.31. The van der Waals surface area contributed by atoms with Crippen molar-refractivity contribution < 1.29 is 30.7 Å². The van der Waals surface area contributed by atoms with Gasteiger partial charge in [0, 0.05) is 13.7 Å². The van der Waals surface area contributed by atoms with Gasteiger partial charge < -0.3 is 4.74 Å². The molecular formula is C22H38O7S2. The van der Waals surface area contributed by atoms with Crippen LogP contribution in [-0.4, -0.2) is 50.2 Å². The molecule has 1 aromatic carbocycles. The van der Waals surface area contributed by atoms with Gasteiger partial charge in [-0.15, -0.1) is 0 Å². The largest absolute Gasteiger partial charge is 0.385 e. The highest BCUT2D eigenvalue weighted by molar-refractivity contribution is 7.87. The first kappa shape index (κ1) is 28.0. The van der Waals surface area contributed by atoms with E-state index in [0.29, 0.717) is 19.4 Å². The van der Waals surface area contributed by atoms with Crippen LogP contribution in [0, 0.1) is 0 Å². The first-order chi connectivity index (χ1) is 14.6. The lowest BCUT2D eigenvalue weighted by Gasteiger charge is -2.19. The normalized spacial score (nSPS) is 14.4. The number of hydrogen-bond donors (Lipinski definition) is 2. The second-order valence-corrected chi connectivity index (χ2v) is 11.5. The molecule has 0 heterocycles. The molecule has 0 aliphatic carbocycles. The lowest BCUT2D eigenvalue weighted by atomic mass is 10.0. The Morgan fingerprint density at radius 1 is 0.742 bits per heavy atom. The Morgan fingerprint density at radius 2 is 1.23 bits per heavy atom. The van der Waals surface area contributed by atoms with E-state index in [9.17, 15) is 25.9 Å². The van der Waals surface area contributed by atoms with E-state index < -0.39 is 30.7 Å². The Hall–Kier alpha value is -1.00. The molecule has 1 aromatic rings. The van der Waals surface area contributed by atoms with E-state index in [4.69, 9.17) is 4.74 Å². The molecule has 0 aromatic heterocycles. The highest BCUT2D eigenvalue weighted by Gasteiger charge is 2.32. The molecule has 0 saturated heterocycles. The number of unbranched alkanes of at least 4 members (excludes halogenated alkanes) is 6. The minimum absolute atomic E-state index is 0.0850. The average Bonchev–Trinajstić information content (AvgIpc) is 2.69. The Labute approximate surface area is 188 Å². The van der Waals surface area contributed by atoms with Gasteiger partial charge in [-0.1, -0.05) is 68.9 Å². The molecule has 0 fully saturated rings. The SMILES string of the molecule is COCCCC(CC(CCCCCCCCCc1ccccc1)S(=O)(=O)O)S(=O)(=O)O. The zero-order chi connectivity index (χ0) is 23.2. The van der Waals surface area contributed by atoms with Gasteiger partial charge in [0.05, 0.1) is 10.5 Å². The summed E-state index contributed by atoms with van der Waals surface area (Å²) >= 11 is 0. The van der Waals surface area contributed by atoms with Crippen LogP contribution in [0.2, 0.25) is 0 Å². The van der Waals surface area contributed by atoms with Gasteiger partial charge in [-0.3, -0.25) is 9.11 Å². The standard InChI is InChI=1S/C22H38O7S2/c1-29-18-12-17-22(31(26,27)28)19-21(30(23,24)25)16-11-6-4-2-3-5-8-13-20-14-9-7-10-15-20/h7,9-10,14-15,21-22H,2-6,8,11-13,16-19H2,1H3,(H,23,24,25)(H,26,27,28). The highest BCUT2D eigenvalue weighted by atomic mass is 32.2. The van der Waals surface area contributed by atoms with Crippen molar-refractivity contribution in [3.8, 4) is 0 Å². The first-order valence-electron chi connectivity index (χ1n) is 11.1. The van der Waals surface area contributed by atoms with Crippen molar-refractivity contribution in [2.45, 2.75) is 87.5 Å². The average molecular weight is 479 g/mol. The fourth-order valence-corrected chi connectivity index (χ4v) is 5.76. The van der Waals surface area contributed by atoms with Crippen molar-refractivity contribution in [1.82, 2.24) is 0 Å². The predicted octanol–water partition coefficient (Wildman–Crippen LogP) is 4.68. The third kappa shape index (κ3) is 13.2. The van der Waals surface area contributed by atoms with Crippen LogP contribution in [0.4, 0.5) is 0 Å². The van der Waals surface area contributed by atoms with Crippen LogP contribution in [0.25, 0.3) is 0 Å². The highest BCUT2D eigenvalue weighted by Crippen LogP contribution is 2.22. The van der Waals surface area contributed by atoms with Crippen LogP contribution < -0.4 is 0 Å². The molecule has 0 amide bonds. The van der Waals surface area contributed by atoms with Gasteiger partial charge in [-0.05, 0) is 44.1 Å². The van der Waals surface area contributed by atoms with Crippen LogP contribution in [0.15, 0.2) is 30.3 Å². The minimum Gasteiger partial charge on any atom is -0.385 e. The van der Waals surface area contributed by atoms with Gasteiger partial charge in [0.25, 0.3) is 20.2 Å². The van der Waals surface area contributed by atoms with Gasteiger partial charge in [-0.25, -0.2) is 0 Å². The summed E-state index contributed by atoms with van der Waals surface area (Å²) in [6, 6.07) is 10.4. The molecule has 0 bridgehead atoms. The second-order valence-electron chi connectivity index (χ2n) is 8.14. The molecule has 0 spiro atoms. The zero-order valence-corrected chi connectivity index (χ0v) is 20.1. The maximum Gasteiger partial charge on any atom is 0.267 e. The lowest BCUT2D eigenvalue weighted by Crippen LogP contribution is -2.31. The zero-order valence-electron chi connectivity index (χ0n) is 18.5. The van der Waals surface area contributed by atoms with Gasteiger partial charge in [0.2, 0.25) is 0 Å². The number of ether oxygens (including phenoxy) is 1. The van der Waals surface area contributed by atoms with E-state index >= 15 is 0 Å². The molecule has 0 saturated carbocycles. The van der Waals surface area contributed by atoms with Crippen LogP contribution in [0.3, 0.4) is 0 Å². The molecule has 2 unspecified atom stereocenters. The molecular weight excluding hydrogens is 440 g/mol. The van der Waals surface area contributed by atoms with Crippen molar-refractivity contribution in [1.29, 1.82) is 0 Å². The molecule has 7 nitrogen and oxygen atoms in total. The number of methoxy groups -OCH3 is 1. The maximum absolute atomic E-state index is 11.7. The molecule has 180 valence electrons. The van der Waals surface area contributed by atoms with E-state index in [1.165, 1.54) is 12.7 Å². The van der Waals surface area contributed by atoms with E-state index in [0.717, 1.165) is 44.9 Å². The summed E-state index contributed by atoms with van der Waals surface area (Å²) in [5.74, 6) is 0. The van der Waals surface area contributed by atoms with Gasteiger partial charge in [0.1, 0.15) is 0 Å². The Morgan fingerprint density at radius 3 is 1.74 bits per heavy atom. The van der Waals surface area contributed by atoms with Crippen molar-refractivity contribution >= 4 is 20.2 Å². The van der Waals surface area contributed by atoms with Crippen molar-refractivity contribution in [2.24, 2.45) is 0 Å². The summed E-state index contributed by atoms with van der Waals surface area (Å²) in [6.45, 7) is 0.313. The fraction of sp³-hybridized carbons (Fsp3) is 0.727. The van der Waals surface area contributed by atoms with Crippen molar-refractivity contribution in [3.63, 3.8) is 0 Å². The summed E-state index contributed by atoms with van der Waals surface area (Å²) in [5.41, 5.74) is 1.35. The molecule has 0 radical (unpaired) electrons. The monoisotopic (exact) mass is 478 g/mol. The molecule has 9 heteroatoms. The molecule has 0 aliphatic heterocycles. The second kappa shape index (κ2) is 14.9. The van der Waals surface area contributed by atoms with E-state index in [-0.39, 0.29) is 19.3 Å². The molecule has 2 atom stereocenters. The summed E-state index contributed by atoms with van der Waals surface area (Å²) < 4.78 is 70.5. The number of hydrogen-bond acceptors (Lipinski definition) is 5. The van der Waals surface area contributed by atoms with Crippen LogP contribution >= 0.6 is 0 Å². The van der Waals surface area contributed by atoms with Crippen LogP contribution in [0.5, 0.6) is 0 Å². The fourth-order valence-electron chi connectivity index (χ4n) is 3.76. The first-order valence-corrected chi connectivity index (χ1v) is 14.1. The van der Waals surface area contributed by atoms with Gasteiger partial charge in [0.15, 0.2) is 0 Å². The van der Waals surface area contributed by atoms with Crippen molar-refractivity contribution in [2.75, 3.05) is 13.7 Å². The number of benzene rings is 1. The summed E-state index contributed by atoms with van der Waals surface area (Å²) in [7, 11) is -7.31. The Kier molecular flexibility index (Phi) is 13.5. The smallest absolute Gasteiger partial charge is 0.267 e. The van der Waals surface area contributed by atoms with E-state index in [1.54, 1.807) is 0 Å². The van der Waals surface area contributed by atoms with Crippen LogP contribution in [-0.2, 0) is 31.4 Å². The predicted molar refractivity (Wildman–Crippen MR) is 123 cm³/mol. The minimum atomic E-state index is -4.40. The number of rotatable bonds is 18. The summed E-state index contributed by atoms with van der Waals surface area (Å²) in [4.78, 5) is 0. The van der Waals surface area contributed by atoms with E-state index in [1.807, 2.05) is 18.2 Å². The third-order valence-corrected chi connectivity index (χ3v) is 8.12. The van der Waals surface area contributed by atoms with Gasteiger partial charge >= 0.3 is 0 Å². The van der Waals surface area contributed by atoms with Crippen molar-refractivity contribution in [3.05, 3.63) is 35.9 Å². The summed E-state index contributed by atoms with van der Waals surface area (Å²) in [6.07, 6.45) is 8.30. The molecule has 31 heavy (non-hydrogen) atoms. The van der Waals surface area contributed by atoms with Crippen LogP contribution in [0.1, 0.15) is 76.2 Å². The lowest BCUT2D eigenvalue weighted by molar-refractivity contribution is 0.191. The third-order valence-electron chi connectivity index (χ3n) is 5.58. The van der Waals surface area contributed by atoms with E-state index in [2.05, 4.69) is 12.1 Å². The van der Waals surface area contributed by atoms with Gasteiger partial charge in [-0.2, -0.15) is 16.8 Å².